The maximum atomic E-state index is 13.2. The van der Waals surface area contributed by atoms with Crippen molar-refractivity contribution in [1.82, 2.24) is 4.90 Å². The van der Waals surface area contributed by atoms with Crippen LogP contribution in [0.2, 0.25) is 0 Å². The van der Waals surface area contributed by atoms with Crippen molar-refractivity contribution < 1.29 is 17.6 Å². The van der Waals surface area contributed by atoms with Crippen LogP contribution in [-0.4, -0.2) is 52.5 Å². The Balaban J connectivity index is 2.01. The van der Waals surface area contributed by atoms with Gasteiger partial charge in [0.15, 0.2) is 0 Å². The van der Waals surface area contributed by atoms with Crippen LogP contribution in [0.1, 0.15) is 6.92 Å². The van der Waals surface area contributed by atoms with Crippen molar-refractivity contribution in [3.05, 3.63) is 48.3 Å². The van der Waals surface area contributed by atoms with Gasteiger partial charge in [-0.2, -0.15) is 0 Å². The Hall–Kier alpha value is -2.45. The second-order valence-electron chi connectivity index (χ2n) is 6.61. The smallest absolute Gasteiger partial charge is 0.221 e. The molecule has 0 atom stereocenters. The molecule has 1 aliphatic rings. The highest BCUT2D eigenvalue weighted by Gasteiger charge is 2.24. The zero-order chi connectivity index (χ0) is 19.6. The fourth-order valence-electron chi connectivity index (χ4n) is 3.04. The Labute approximate surface area is 158 Å². The lowest BCUT2D eigenvalue weighted by atomic mass is 10.2. The maximum Gasteiger partial charge on any atom is 0.221 e. The summed E-state index contributed by atoms with van der Waals surface area (Å²) in [5.74, 6) is -0.873. The number of halogens is 1. The van der Waals surface area contributed by atoms with Gasteiger partial charge in [-0.3, -0.25) is 4.79 Å². The largest absolute Gasteiger partial charge is 0.369 e. The van der Waals surface area contributed by atoms with Crippen LogP contribution < -0.4 is 10.2 Å². The minimum atomic E-state index is -3.90. The number of anilines is 2. The van der Waals surface area contributed by atoms with Crippen molar-refractivity contribution in [2.45, 2.75) is 16.7 Å². The molecule has 144 valence electrons. The second-order valence-corrected chi connectivity index (χ2v) is 8.53. The van der Waals surface area contributed by atoms with Gasteiger partial charge in [-0.1, -0.05) is 0 Å². The number of carbonyl (C=O) groups is 1. The van der Waals surface area contributed by atoms with Crippen molar-refractivity contribution in [2.24, 2.45) is 0 Å². The number of piperazine rings is 1. The molecule has 6 nitrogen and oxygen atoms in total. The van der Waals surface area contributed by atoms with E-state index < -0.39 is 15.7 Å². The first-order chi connectivity index (χ1) is 12.8. The Bertz CT molecular complexity index is 937. The van der Waals surface area contributed by atoms with E-state index in [9.17, 15) is 17.6 Å². The molecule has 0 saturated carbocycles. The Morgan fingerprint density at radius 2 is 1.67 bits per heavy atom. The summed E-state index contributed by atoms with van der Waals surface area (Å²) in [4.78, 5) is 16.0. The first kappa shape index (κ1) is 19.3. The molecule has 0 bridgehead atoms. The van der Waals surface area contributed by atoms with Crippen molar-refractivity contribution in [1.29, 1.82) is 0 Å². The van der Waals surface area contributed by atoms with E-state index in [1.165, 1.54) is 25.1 Å². The topological polar surface area (TPSA) is 69.7 Å². The van der Waals surface area contributed by atoms with Gasteiger partial charge in [0.2, 0.25) is 15.7 Å². The summed E-state index contributed by atoms with van der Waals surface area (Å²) in [5, 5.41) is 2.62. The van der Waals surface area contributed by atoms with Gasteiger partial charge < -0.3 is 15.1 Å². The van der Waals surface area contributed by atoms with E-state index in [0.29, 0.717) is 0 Å². The van der Waals surface area contributed by atoms with Crippen molar-refractivity contribution in [3.63, 3.8) is 0 Å². The third-order valence-corrected chi connectivity index (χ3v) is 6.38. The van der Waals surface area contributed by atoms with Gasteiger partial charge in [0.05, 0.1) is 15.5 Å². The van der Waals surface area contributed by atoms with Crippen LogP contribution in [0.15, 0.2) is 52.3 Å². The zero-order valence-electron chi connectivity index (χ0n) is 15.3. The quantitative estimate of drug-likeness (QED) is 0.811. The number of carbonyl (C=O) groups excluding carboxylic acids is 1. The van der Waals surface area contributed by atoms with Crippen LogP contribution in [0, 0.1) is 5.82 Å². The van der Waals surface area contributed by atoms with Crippen LogP contribution in [0.3, 0.4) is 0 Å². The van der Waals surface area contributed by atoms with Crippen LogP contribution in [-0.2, 0) is 14.6 Å². The molecule has 27 heavy (non-hydrogen) atoms. The second kappa shape index (κ2) is 7.66. The Morgan fingerprint density at radius 3 is 2.26 bits per heavy atom. The molecular formula is C19H22FN3O3S. The van der Waals surface area contributed by atoms with Crippen LogP contribution in [0.25, 0.3) is 0 Å². The molecule has 1 fully saturated rings. The van der Waals surface area contributed by atoms with Gasteiger partial charge >= 0.3 is 0 Å². The van der Waals surface area contributed by atoms with E-state index in [2.05, 4.69) is 22.2 Å². The number of likely N-dealkylation sites (N-methyl/N-ethyl adjacent to an activating group) is 1. The number of nitrogens with zero attached hydrogens (tertiary/aromatic N) is 2. The SMILES string of the molecule is CC(=O)Nc1cc(N2CCN(C)CC2)ccc1S(=O)(=O)c1ccc(F)cc1. The zero-order valence-corrected chi connectivity index (χ0v) is 16.1. The van der Waals surface area contributed by atoms with E-state index >= 15 is 0 Å². The van der Waals surface area contributed by atoms with E-state index in [-0.39, 0.29) is 21.4 Å². The van der Waals surface area contributed by atoms with E-state index in [1.807, 2.05) is 0 Å². The van der Waals surface area contributed by atoms with E-state index in [0.717, 1.165) is 44.0 Å². The summed E-state index contributed by atoms with van der Waals surface area (Å²) in [6.45, 7) is 4.78. The highest BCUT2D eigenvalue weighted by atomic mass is 32.2. The molecule has 1 heterocycles. The predicted octanol–water partition coefficient (Wildman–Crippen LogP) is 2.37. The highest BCUT2D eigenvalue weighted by Crippen LogP contribution is 2.32. The van der Waals surface area contributed by atoms with Crippen LogP contribution in [0.4, 0.5) is 15.8 Å². The monoisotopic (exact) mass is 391 g/mol. The van der Waals surface area contributed by atoms with Gasteiger partial charge in [0.25, 0.3) is 0 Å². The molecule has 0 unspecified atom stereocenters. The fourth-order valence-corrected chi connectivity index (χ4v) is 4.44. The van der Waals surface area contributed by atoms with Gasteiger partial charge in [-0.25, -0.2) is 12.8 Å². The van der Waals surface area contributed by atoms with Gasteiger partial charge in [0, 0.05) is 38.8 Å². The number of nitrogens with one attached hydrogen (secondary N) is 1. The third-order valence-electron chi connectivity index (χ3n) is 4.56. The molecule has 0 radical (unpaired) electrons. The number of hydrogen-bond acceptors (Lipinski definition) is 5. The average Bonchev–Trinajstić information content (AvgIpc) is 2.62. The number of amides is 1. The predicted molar refractivity (Wildman–Crippen MR) is 102 cm³/mol. The van der Waals surface area contributed by atoms with Crippen molar-refractivity contribution in [2.75, 3.05) is 43.4 Å². The third kappa shape index (κ3) is 4.28. The molecule has 0 aliphatic carbocycles. The molecule has 1 amide bonds. The lowest BCUT2D eigenvalue weighted by Gasteiger charge is -2.34. The Morgan fingerprint density at radius 1 is 1.04 bits per heavy atom. The molecule has 2 aromatic rings. The maximum absolute atomic E-state index is 13.2. The molecule has 2 aromatic carbocycles. The first-order valence-corrected chi connectivity index (χ1v) is 10.1. The highest BCUT2D eigenvalue weighted by molar-refractivity contribution is 7.91. The molecule has 0 aromatic heterocycles. The molecule has 0 spiro atoms. The first-order valence-electron chi connectivity index (χ1n) is 8.63. The molecule has 8 heteroatoms. The molecule has 1 aliphatic heterocycles. The minimum absolute atomic E-state index is 0.0119. The summed E-state index contributed by atoms with van der Waals surface area (Å²) in [7, 11) is -1.84. The molecule has 1 saturated heterocycles. The average molecular weight is 391 g/mol. The standard InChI is InChI=1S/C19H22FN3O3S/c1-14(24)21-18-13-16(23-11-9-22(2)10-12-23)5-8-19(18)27(25,26)17-6-3-15(20)4-7-17/h3-8,13H,9-12H2,1-2H3,(H,21,24). The van der Waals surface area contributed by atoms with Crippen molar-refractivity contribution in [3.8, 4) is 0 Å². The summed E-state index contributed by atoms with van der Waals surface area (Å²) in [5.41, 5.74) is 1.08. The lowest BCUT2D eigenvalue weighted by molar-refractivity contribution is -0.114. The van der Waals surface area contributed by atoms with Gasteiger partial charge in [-0.15, -0.1) is 0 Å². The summed E-state index contributed by atoms with van der Waals surface area (Å²) in [6, 6.07) is 9.56. The van der Waals surface area contributed by atoms with Gasteiger partial charge in [-0.05, 0) is 49.5 Å². The minimum Gasteiger partial charge on any atom is -0.369 e. The van der Waals surface area contributed by atoms with Crippen LogP contribution in [0.5, 0.6) is 0 Å². The number of sulfone groups is 1. The van der Waals surface area contributed by atoms with Gasteiger partial charge in [0.1, 0.15) is 5.82 Å². The van der Waals surface area contributed by atoms with Crippen molar-refractivity contribution >= 4 is 27.1 Å². The summed E-state index contributed by atoms with van der Waals surface area (Å²) < 4.78 is 39.1. The molecule has 3 rings (SSSR count). The normalized spacial score (nSPS) is 15.6. The summed E-state index contributed by atoms with van der Waals surface area (Å²) >= 11 is 0. The molecular weight excluding hydrogens is 369 g/mol. The number of benzene rings is 2. The lowest BCUT2D eigenvalue weighted by Crippen LogP contribution is -2.44. The van der Waals surface area contributed by atoms with E-state index in [4.69, 9.17) is 0 Å². The van der Waals surface area contributed by atoms with Crippen LogP contribution >= 0.6 is 0 Å². The molecule has 1 N–H and O–H groups in total. The Kier molecular flexibility index (Phi) is 5.48. The van der Waals surface area contributed by atoms with E-state index in [1.54, 1.807) is 12.1 Å². The number of rotatable bonds is 4. The fraction of sp³-hybridized carbons (Fsp3) is 0.316. The summed E-state index contributed by atoms with van der Waals surface area (Å²) in [6.07, 6.45) is 0. The number of hydrogen-bond donors (Lipinski definition) is 1.